The van der Waals surface area contributed by atoms with Crippen molar-refractivity contribution in [3.63, 3.8) is 0 Å². The third kappa shape index (κ3) is 4.14. The summed E-state index contributed by atoms with van der Waals surface area (Å²) >= 11 is 23.1. The summed E-state index contributed by atoms with van der Waals surface area (Å²) in [5.41, 5.74) is 0. The molecule has 10 heteroatoms. The molecular formula is C12H7Cl4NO3S2. The first kappa shape index (κ1) is 18.0. The highest BCUT2D eigenvalue weighted by Gasteiger charge is 2.22. The Hall–Kier alpha value is -0.340. The smallest absolute Gasteiger partial charge is 0.237 e. The molecule has 0 aliphatic rings. The van der Waals surface area contributed by atoms with Crippen molar-refractivity contribution in [1.29, 1.82) is 0 Å². The van der Waals surface area contributed by atoms with Gasteiger partial charge in [0.1, 0.15) is 15.9 Å². The van der Waals surface area contributed by atoms with Gasteiger partial charge < -0.3 is 0 Å². The zero-order valence-corrected chi connectivity index (χ0v) is 15.2. The van der Waals surface area contributed by atoms with Crippen molar-refractivity contribution in [2.24, 2.45) is 0 Å². The summed E-state index contributed by atoms with van der Waals surface area (Å²) in [7, 11) is -6.16. The SMILES string of the molecule is O=S(NS(=O)(=O)c1cc(Cl)c(Cl)cc1Cl)c1ccc(Cl)cc1. The number of halogens is 4. The lowest BCUT2D eigenvalue weighted by Gasteiger charge is -2.09. The molecule has 0 fully saturated rings. The van der Waals surface area contributed by atoms with Gasteiger partial charge in [0.15, 0.2) is 0 Å². The summed E-state index contributed by atoms with van der Waals surface area (Å²) in [5, 5.41) is 0.444. The van der Waals surface area contributed by atoms with Crippen molar-refractivity contribution >= 4 is 67.4 Å². The van der Waals surface area contributed by atoms with E-state index in [1.165, 1.54) is 30.3 Å². The van der Waals surface area contributed by atoms with Crippen LogP contribution in [0.5, 0.6) is 0 Å². The molecule has 0 aliphatic carbocycles. The predicted molar refractivity (Wildman–Crippen MR) is 89.7 cm³/mol. The van der Waals surface area contributed by atoms with E-state index in [0.717, 1.165) is 6.07 Å². The van der Waals surface area contributed by atoms with Gasteiger partial charge in [0.2, 0.25) is 0 Å². The Morgan fingerprint density at radius 2 is 1.41 bits per heavy atom. The highest BCUT2D eigenvalue weighted by atomic mass is 35.5. The topological polar surface area (TPSA) is 63.2 Å². The second-order valence-electron chi connectivity index (χ2n) is 4.01. The van der Waals surface area contributed by atoms with Gasteiger partial charge in [0.05, 0.1) is 20.0 Å². The Morgan fingerprint density at radius 1 is 0.864 bits per heavy atom. The fourth-order valence-electron chi connectivity index (χ4n) is 1.46. The van der Waals surface area contributed by atoms with Crippen molar-refractivity contribution < 1.29 is 12.6 Å². The summed E-state index contributed by atoms with van der Waals surface area (Å²) in [5.74, 6) is 0. The quantitative estimate of drug-likeness (QED) is 0.752. The lowest BCUT2D eigenvalue weighted by Crippen LogP contribution is -2.26. The number of hydrogen-bond donors (Lipinski definition) is 1. The molecule has 0 aromatic heterocycles. The van der Waals surface area contributed by atoms with Crippen LogP contribution in [0, 0.1) is 0 Å². The van der Waals surface area contributed by atoms with E-state index < -0.39 is 21.0 Å². The molecule has 0 saturated carbocycles. The Kier molecular flexibility index (Phi) is 5.77. The molecule has 1 N–H and O–H groups in total. The third-order valence-corrected chi connectivity index (χ3v) is 6.98. The van der Waals surface area contributed by atoms with Crippen LogP contribution >= 0.6 is 46.4 Å². The summed E-state index contributed by atoms with van der Waals surface area (Å²) in [6, 6.07) is 8.16. The van der Waals surface area contributed by atoms with Crippen molar-refractivity contribution in [1.82, 2.24) is 4.13 Å². The first-order valence-corrected chi connectivity index (χ1v) is 9.69. The second kappa shape index (κ2) is 7.05. The van der Waals surface area contributed by atoms with Gasteiger partial charge in [0.25, 0.3) is 10.0 Å². The standard InChI is InChI=1S/C12H7Cl4NO3S2/c13-7-1-3-8(4-2-7)21(18)17-22(19,20)12-6-10(15)9(14)5-11(12)16/h1-6,17H. The molecule has 2 aromatic rings. The van der Waals surface area contributed by atoms with Crippen LogP contribution in [0.4, 0.5) is 0 Å². The van der Waals surface area contributed by atoms with Gasteiger partial charge in [-0.15, -0.1) is 4.13 Å². The van der Waals surface area contributed by atoms with Crippen LogP contribution in [-0.4, -0.2) is 12.6 Å². The third-order valence-electron chi connectivity index (χ3n) is 2.48. The van der Waals surface area contributed by atoms with Gasteiger partial charge in [0, 0.05) is 5.02 Å². The highest BCUT2D eigenvalue weighted by Crippen LogP contribution is 2.31. The number of hydrogen-bond acceptors (Lipinski definition) is 3. The summed E-state index contributed by atoms with van der Waals surface area (Å²) in [4.78, 5) is -0.0740. The number of rotatable bonds is 4. The number of nitrogens with one attached hydrogen (secondary N) is 1. The van der Waals surface area contributed by atoms with Gasteiger partial charge >= 0.3 is 0 Å². The zero-order valence-electron chi connectivity index (χ0n) is 10.5. The molecule has 1 atom stereocenters. The lowest BCUT2D eigenvalue weighted by atomic mass is 10.4. The largest absolute Gasteiger partial charge is 0.253 e. The van der Waals surface area contributed by atoms with Crippen molar-refractivity contribution in [2.75, 3.05) is 0 Å². The Bertz CT molecular complexity index is 838. The molecule has 4 nitrogen and oxygen atoms in total. The van der Waals surface area contributed by atoms with Crippen LogP contribution in [0.3, 0.4) is 0 Å². The predicted octanol–water partition coefficient (Wildman–Crippen LogP) is 4.30. The van der Waals surface area contributed by atoms with E-state index in [-0.39, 0.29) is 24.9 Å². The fourth-order valence-corrected chi connectivity index (χ4v) is 5.02. The monoisotopic (exact) mass is 417 g/mol. The Labute approximate surface area is 150 Å². The molecule has 0 saturated heterocycles. The molecule has 2 aromatic carbocycles. The van der Waals surface area contributed by atoms with Crippen molar-refractivity contribution in [3.8, 4) is 0 Å². The molecule has 0 spiro atoms. The fraction of sp³-hybridized carbons (Fsp3) is 0. The number of sulfonamides is 1. The molecule has 1 unspecified atom stereocenters. The van der Waals surface area contributed by atoms with Gasteiger partial charge in [-0.2, -0.15) is 0 Å². The van der Waals surface area contributed by atoms with Gasteiger partial charge in [-0.25, -0.2) is 12.6 Å². The maximum Gasteiger partial charge on any atom is 0.253 e. The van der Waals surface area contributed by atoms with Gasteiger partial charge in [-0.3, -0.25) is 0 Å². The van der Waals surface area contributed by atoms with Crippen LogP contribution in [0.15, 0.2) is 46.2 Å². The zero-order chi connectivity index (χ0) is 16.5. The highest BCUT2D eigenvalue weighted by molar-refractivity contribution is 8.02. The van der Waals surface area contributed by atoms with E-state index >= 15 is 0 Å². The van der Waals surface area contributed by atoms with Gasteiger partial charge in [-0.05, 0) is 36.4 Å². The van der Waals surface area contributed by atoms with E-state index in [1.54, 1.807) is 0 Å². The molecule has 118 valence electrons. The molecule has 0 amide bonds. The molecule has 22 heavy (non-hydrogen) atoms. The average Bonchev–Trinajstić information content (AvgIpc) is 2.42. The molecule has 0 bridgehead atoms. The normalized spacial score (nSPS) is 13.1. The van der Waals surface area contributed by atoms with Crippen LogP contribution in [0.2, 0.25) is 20.1 Å². The van der Waals surface area contributed by atoms with E-state index in [0.29, 0.717) is 5.02 Å². The van der Waals surface area contributed by atoms with Crippen molar-refractivity contribution in [3.05, 3.63) is 56.5 Å². The molecular weight excluding hydrogens is 412 g/mol. The van der Waals surface area contributed by atoms with Crippen LogP contribution < -0.4 is 4.13 Å². The maximum atomic E-state index is 12.3. The summed E-state index contributed by atoms with van der Waals surface area (Å²) in [6.07, 6.45) is 0. The van der Waals surface area contributed by atoms with Gasteiger partial charge in [-0.1, -0.05) is 46.4 Å². The summed E-state index contributed by atoms with van der Waals surface area (Å²) in [6.45, 7) is 0. The second-order valence-corrected chi connectivity index (χ2v) is 8.79. The van der Waals surface area contributed by atoms with E-state index in [9.17, 15) is 12.6 Å². The van der Waals surface area contributed by atoms with E-state index in [2.05, 4.69) is 0 Å². The van der Waals surface area contributed by atoms with E-state index in [1.807, 2.05) is 4.13 Å². The maximum absolute atomic E-state index is 12.3. The summed E-state index contributed by atoms with van der Waals surface area (Å²) < 4.78 is 38.6. The lowest BCUT2D eigenvalue weighted by molar-refractivity contribution is 0.592. The Balaban J connectivity index is 2.34. The molecule has 2 rings (SSSR count). The van der Waals surface area contributed by atoms with Crippen LogP contribution in [0.25, 0.3) is 0 Å². The first-order chi connectivity index (χ1) is 10.2. The minimum atomic E-state index is -4.15. The minimum absolute atomic E-state index is 0.0173. The van der Waals surface area contributed by atoms with Crippen LogP contribution in [-0.2, 0) is 21.0 Å². The van der Waals surface area contributed by atoms with E-state index in [4.69, 9.17) is 46.4 Å². The minimum Gasteiger partial charge on any atom is -0.237 e. The first-order valence-electron chi connectivity index (χ1n) is 5.55. The average molecular weight is 419 g/mol. The Morgan fingerprint density at radius 3 is 2.00 bits per heavy atom. The number of benzene rings is 2. The molecule has 0 radical (unpaired) electrons. The molecule has 0 heterocycles. The molecule has 0 aliphatic heterocycles. The van der Waals surface area contributed by atoms with Crippen LogP contribution in [0.1, 0.15) is 0 Å². The van der Waals surface area contributed by atoms with Crippen molar-refractivity contribution in [2.45, 2.75) is 9.79 Å².